The molecule has 2 heterocycles. The molecular formula is C16H22N2OS. The van der Waals surface area contributed by atoms with Crippen LogP contribution in [0.3, 0.4) is 0 Å². The number of hydrogen-bond acceptors (Lipinski definition) is 4. The molecule has 0 spiro atoms. The monoisotopic (exact) mass is 290 g/mol. The van der Waals surface area contributed by atoms with Gasteiger partial charge in [0.25, 0.3) is 0 Å². The van der Waals surface area contributed by atoms with Crippen molar-refractivity contribution in [3.8, 4) is 0 Å². The third-order valence-corrected chi connectivity index (χ3v) is 4.35. The van der Waals surface area contributed by atoms with Crippen molar-refractivity contribution in [2.45, 2.75) is 58.0 Å². The summed E-state index contributed by atoms with van der Waals surface area (Å²) in [7, 11) is 0. The summed E-state index contributed by atoms with van der Waals surface area (Å²) in [5.74, 6) is 2.03. The van der Waals surface area contributed by atoms with Gasteiger partial charge in [-0.1, -0.05) is 20.8 Å². The molecule has 0 aromatic carbocycles. The van der Waals surface area contributed by atoms with Crippen LogP contribution in [0.15, 0.2) is 21.9 Å². The molecule has 1 aliphatic carbocycles. The van der Waals surface area contributed by atoms with Gasteiger partial charge < -0.3 is 9.73 Å². The second kappa shape index (κ2) is 5.34. The Labute approximate surface area is 124 Å². The standard InChI is InChI=1S/C16H22N2OS/c1-16(2,3)14-10-20-15(18-14)8-12-6-7-13(19-12)9-17-11-4-5-11/h6-7,10-11,17H,4-5,8-9H2,1-3H3. The van der Waals surface area contributed by atoms with E-state index in [1.54, 1.807) is 11.3 Å². The fourth-order valence-electron chi connectivity index (χ4n) is 2.03. The van der Waals surface area contributed by atoms with E-state index in [0.717, 1.165) is 35.5 Å². The smallest absolute Gasteiger partial charge is 0.117 e. The Kier molecular flexibility index (Phi) is 3.69. The van der Waals surface area contributed by atoms with E-state index >= 15 is 0 Å². The third kappa shape index (κ3) is 3.49. The molecule has 1 fully saturated rings. The first-order valence-corrected chi connectivity index (χ1v) is 8.14. The fraction of sp³-hybridized carbons (Fsp3) is 0.562. The van der Waals surface area contributed by atoms with E-state index in [1.165, 1.54) is 18.5 Å². The highest BCUT2D eigenvalue weighted by molar-refractivity contribution is 7.09. The van der Waals surface area contributed by atoms with Gasteiger partial charge in [-0.15, -0.1) is 11.3 Å². The maximum atomic E-state index is 5.86. The van der Waals surface area contributed by atoms with Gasteiger partial charge in [0.15, 0.2) is 0 Å². The number of rotatable bonds is 5. The lowest BCUT2D eigenvalue weighted by atomic mass is 9.93. The predicted octanol–water partition coefficient (Wildman–Crippen LogP) is 3.88. The zero-order valence-corrected chi connectivity index (χ0v) is 13.2. The van der Waals surface area contributed by atoms with E-state index in [1.807, 2.05) is 0 Å². The van der Waals surface area contributed by atoms with E-state index in [4.69, 9.17) is 9.40 Å². The van der Waals surface area contributed by atoms with Crippen molar-refractivity contribution in [3.05, 3.63) is 39.7 Å². The van der Waals surface area contributed by atoms with Crippen molar-refractivity contribution < 1.29 is 4.42 Å². The number of nitrogens with zero attached hydrogens (tertiary/aromatic N) is 1. The molecule has 1 aliphatic rings. The largest absolute Gasteiger partial charge is 0.464 e. The molecule has 0 bridgehead atoms. The number of hydrogen-bond donors (Lipinski definition) is 1. The van der Waals surface area contributed by atoms with Gasteiger partial charge in [-0.05, 0) is 25.0 Å². The van der Waals surface area contributed by atoms with E-state index in [9.17, 15) is 0 Å². The number of nitrogens with one attached hydrogen (secondary N) is 1. The van der Waals surface area contributed by atoms with E-state index in [-0.39, 0.29) is 5.41 Å². The first-order valence-electron chi connectivity index (χ1n) is 7.26. The topological polar surface area (TPSA) is 38.1 Å². The molecule has 0 saturated heterocycles. The van der Waals surface area contributed by atoms with Crippen LogP contribution >= 0.6 is 11.3 Å². The Morgan fingerprint density at radius 1 is 1.30 bits per heavy atom. The van der Waals surface area contributed by atoms with Crippen LogP contribution in [-0.2, 0) is 18.4 Å². The van der Waals surface area contributed by atoms with Crippen LogP contribution < -0.4 is 5.32 Å². The van der Waals surface area contributed by atoms with Gasteiger partial charge in [-0.25, -0.2) is 4.98 Å². The summed E-state index contributed by atoms with van der Waals surface area (Å²) < 4.78 is 5.86. The highest BCUT2D eigenvalue weighted by Gasteiger charge is 2.21. The lowest BCUT2D eigenvalue weighted by Gasteiger charge is -2.14. The minimum Gasteiger partial charge on any atom is -0.464 e. The Hall–Kier alpha value is -1.13. The molecule has 3 nitrogen and oxygen atoms in total. The van der Waals surface area contributed by atoms with Crippen LogP contribution in [0, 0.1) is 0 Å². The molecule has 0 aliphatic heterocycles. The highest BCUT2D eigenvalue weighted by Crippen LogP contribution is 2.25. The van der Waals surface area contributed by atoms with Crippen molar-refractivity contribution in [1.29, 1.82) is 0 Å². The summed E-state index contributed by atoms with van der Waals surface area (Å²) in [5.41, 5.74) is 1.29. The molecule has 0 unspecified atom stereocenters. The van der Waals surface area contributed by atoms with Crippen molar-refractivity contribution in [2.75, 3.05) is 0 Å². The number of furan rings is 1. The summed E-state index contributed by atoms with van der Waals surface area (Å²) >= 11 is 1.72. The van der Waals surface area contributed by atoms with Gasteiger partial charge in [0, 0.05) is 16.8 Å². The van der Waals surface area contributed by atoms with Gasteiger partial charge in [-0.2, -0.15) is 0 Å². The average Bonchev–Trinajstić information content (AvgIpc) is 2.89. The Bertz CT molecular complexity index is 575. The number of aromatic nitrogens is 1. The molecule has 2 aromatic heterocycles. The summed E-state index contributed by atoms with van der Waals surface area (Å²) in [6.45, 7) is 7.43. The first kappa shape index (κ1) is 13.8. The van der Waals surface area contributed by atoms with Crippen molar-refractivity contribution in [2.24, 2.45) is 0 Å². The van der Waals surface area contributed by atoms with Crippen LogP contribution in [0.4, 0.5) is 0 Å². The SMILES string of the molecule is CC(C)(C)c1csc(Cc2ccc(CNC3CC3)o2)n1. The van der Waals surface area contributed by atoms with Crippen LogP contribution in [0.5, 0.6) is 0 Å². The average molecular weight is 290 g/mol. The highest BCUT2D eigenvalue weighted by atomic mass is 32.1. The van der Waals surface area contributed by atoms with Gasteiger partial charge in [-0.3, -0.25) is 0 Å². The zero-order chi connectivity index (χ0) is 14.2. The summed E-state index contributed by atoms with van der Waals surface area (Å²) in [6, 6.07) is 4.86. The van der Waals surface area contributed by atoms with E-state index in [2.05, 4.69) is 43.6 Å². The Morgan fingerprint density at radius 2 is 2.05 bits per heavy atom. The lowest BCUT2D eigenvalue weighted by molar-refractivity contribution is 0.452. The van der Waals surface area contributed by atoms with Crippen LogP contribution in [0.25, 0.3) is 0 Å². The molecule has 1 N–H and O–H groups in total. The summed E-state index contributed by atoms with van der Waals surface area (Å²) in [4.78, 5) is 4.71. The molecule has 4 heteroatoms. The molecule has 0 amide bonds. The van der Waals surface area contributed by atoms with Crippen molar-refractivity contribution in [3.63, 3.8) is 0 Å². The maximum Gasteiger partial charge on any atom is 0.117 e. The predicted molar refractivity (Wildman–Crippen MR) is 82.2 cm³/mol. The fourth-order valence-corrected chi connectivity index (χ4v) is 3.06. The normalized spacial score (nSPS) is 15.8. The van der Waals surface area contributed by atoms with Gasteiger partial charge >= 0.3 is 0 Å². The first-order chi connectivity index (χ1) is 9.50. The Balaban J connectivity index is 1.60. The zero-order valence-electron chi connectivity index (χ0n) is 12.4. The van der Waals surface area contributed by atoms with Crippen molar-refractivity contribution >= 4 is 11.3 Å². The maximum absolute atomic E-state index is 5.86. The number of thiazole rings is 1. The summed E-state index contributed by atoms with van der Waals surface area (Å²) in [5, 5.41) is 6.76. The van der Waals surface area contributed by atoms with Gasteiger partial charge in [0.1, 0.15) is 16.5 Å². The Morgan fingerprint density at radius 3 is 2.70 bits per heavy atom. The van der Waals surface area contributed by atoms with Crippen LogP contribution in [0.2, 0.25) is 0 Å². The van der Waals surface area contributed by atoms with Crippen LogP contribution in [-0.4, -0.2) is 11.0 Å². The minimum atomic E-state index is 0.122. The second-order valence-corrected chi connectivity index (χ2v) is 7.52. The molecular weight excluding hydrogens is 268 g/mol. The summed E-state index contributed by atoms with van der Waals surface area (Å²) in [6.07, 6.45) is 3.41. The molecule has 20 heavy (non-hydrogen) atoms. The molecule has 3 rings (SSSR count). The molecule has 2 aromatic rings. The third-order valence-electron chi connectivity index (χ3n) is 3.51. The van der Waals surface area contributed by atoms with E-state index in [0.29, 0.717) is 0 Å². The second-order valence-electron chi connectivity index (χ2n) is 6.58. The minimum absolute atomic E-state index is 0.122. The molecule has 0 radical (unpaired) electrons. The van der Waals surface area contributed by atoms with Crippen molar-refractivity contribution in [1.82, 2.24) is 10.3 Å². The lowest BCUT2D eigenvalue weighted by Crippen LogP contribution is -2.14. The van der Waals surface area contributed by atoms with Gasteiger partial charge in [0.05, 0.1) is 18.7 Å². The van der Waals surface area contributed by atoms with E-state index < -0.39 is 0 Å². The van der Waals surface area contributed by atoms with Crippen LogP contribution in [0.1, 0.15) is 55.8 Å². The molecule has 0 atom stereocenters. The molecule has 1 saturated carbocycles. The quantitative estimate of drug-likeness (QED) is 0.908. The van der Waals surface area contributed by atoms with Gasteiger partial charge in [0.2, 0.25) is 0 Å². The molecule has 108 valence electrons.